The molecule has 0 aliphatic carbocycles. The average molecular weight is 307 g/mol. The Morgan fingerprint density at radius 3 is 1.77 bits per heavy atom. The second-order valence-corrected chi connectivity index (χ2v) is 6.65. The van der Waals surface area contributed by atoms with Gasteiger partial charge in [0.2, 0.25) is 0 Å². The molecule has 0 aromatic rings. The van der Waals surface area contributed by atoms with Crippen molar-refractivity contribution < 1.29 is 4.74 Å². The van der Waals surface area contributed by atoms with Gasteiger partial charge in [0, 0.05) is 0 Å². The van der Waals surface area contributed by atoms with Crippen LogP contribution in [-0.4, -0.2) is 12.2 Å². The molecule has 1 nitrogen and oxygen atoms in total. The lowest BCUT2D eigenvalue weighted by Crippen LogP contribution is -1.90. The number of unbranched alkanes of at least 4 members (excludes halogenated alkanes) is 9. The Kier molecular flexibility index (Phi) is 12.5. The monoisotopic (exact) mass is 306 g/mol. The van der Waals surface area contributed by atoms with E-state index in [2.05, 4.69) is 38.2 Å². The molecule has 0 N–H and O–H groups in total. The van der Waals surface area contributed by atoms with E-state index in [9.17, 15) is 0 Å². The molecule has 128 valence electrons. The van der Waals surface area contributed by atoms with Crippen molar-refractivity contribution in [1.29, 1.82) is 0 Å². The maximum Gasteiger partial charge on any atom is 0.0879 e. The lowest BCUT2D eigenvalue weighted by atomic mass is 10.1. The minimum Gasteiger partial charge on any atom is -0.369 e. The van der Waals surface area contributed by atoms with Crippen molar-refractivity contribution in [1.82, 2.24) is 0 Å². The van der Waals surface area contributed by atoms with Crippen LogP contribution in [-0.2, 0) is 4.74 Å². The molecular weight excluding hydrogens is 268 g/mol. The van der Waals surface area contributed by atoms with Gasteiger partial charge >= 0.3 is 0 Å². The molecule has 0 amide bonds. The Bertz CT molecular complexity index is 292. The first-order chi connectivity index (χ1) is 10.9. The van der Waals surface area contributed by atoms with Crippen LogP contribution in [0.2, 0.25) is 0 Å². The summed E-state index contributed by atoms with van der Waals surface area (Å²) in [6.45, 7) is 4.46. The molecule has 1 fully saturated rings. The molecule has 2 atom stereocenters. The van der Waals surface area contributed by atoms with Gasteiger partial charge in [-0.15, -0.1) is 0 Å². The topological polar surface area (TPSA) is 12.5 Å². The highest BCUT2D eigenvalue weighted by Crippen LogP contribution is 2.29. The van der Waals surface area contributed by atoms with Crippen molar-refractivity contribution in [2.24, 2.45) is 0 Å². The number of hydrogen-bond acceptors (Lipinski definition) is 1. The van der Waals surface area contributed by atoms with Gasteiger partial charge in [0.25, 0.3) is 0 Å². The summed E-state index contributed by atoms with van der Waals surface area (Å²) in [6.07, 6.45) is 27.5. The predicted octanol–water partition coefficient (Wildman–Crippen LogP) is 6.98. The third kappa shape index (κ3) is 11.1. The minimum atomic E-state index is 0.500. The third-order valence-electron chi connectivity index (χ3n) is 4.47. The highest BCUT2D eigenvalue weighted by Gasteiger charge is 2.35. The number of ether oxygens (including phenoxy) is 1. The largest absolute Gasteiger partial charge is 0.369 e. The molecular formula is C21H38O. The molecule has 1 aliphatic rings. The second kappa shape index (κ2) is 14.1. The molecule has 22 heavy (non-hydrogen) atoms. The molecule has 1 saturated heterocycles. The Balaban J connectivity index is 1.79. The maximum atomic E-state index is 5.66. The van der Waals surface area contributed by atoms with Gasteiger partial charge in [-0.3, -0.25) is 0 Å². The third-order valence-corrected chi connectivity index (χ3v) is 4.47. The molecule has 1 aliphatic heterocycles. The Morgan fingerprint density at radius 1 is 0.636 bits per heavy atom. The van der Waals surface area contributed by atoms with Crippen molar-refractivity contribution in [2.75, 3.05) is 0 Å². The molecule has 1 rings (SSSR count). The first-order valence-electron chi connectivity index (χ1n) is 9.84. The summed E-state index contributed by atoms with van der Waals surface area (Å²) < 4.78 is 5.66. The molecule has 0 aromatic heterocycles. The summed E-state index contributed by atoms with van der Waals surface area (Å²) in [4.78, 5) is 0. The van der Waals surface area contributed by atoms with Gasteiger partial charge < -0.3 is 4.74 Å². The summed E-state index contributed by atoms with van der Waals surface area (Å²) in [5.74, 6) is 0. The van der Waals surface area contributed by atoms with Crippen molar-refractivity contribution in [3.63, 3.8) is 0 Å². The highest BCUT2D eigenvalue weighted by molar-refractivity contribution is 4.97. The maximum absolute atomic E-state index is 5.66. The molecule has 0 saturated carbocycles. The van der Waals surface area contributed by atoms with Crippen molar-refractivity contribution in [3.8, 4) is 0 Å². The first kappa shape index (κ1) is 19.5. The van der Waals surface area contributed by atoms with Gasteiger partial charge in [-0.25, -0.2) is 0 Å². The van der Waals surface area contributed by atoms with Crippen LogP contribution in [0.4, 0.5) is 0 Å². The SMILES string of the molecule is CC/C=C\C[C@H]1O[C@H]1C/C=C\CCCCCCCCCCC. The summed E-state index contributed by atoms with van der Waals surface area (Å²) in [5.41, 5.74) is 0. The number of hydrogen-bond donors (Lipinski definition) is 0. The van der Waals surface area contributed by atoms with Gasteiger partial charge in [-0.05, 0) is 32.1 Å². The minimum absolute atomic E-state index is 0.500. The Morgan fingerprint density at radius 2 is 1.18 bits per heavy atom. The van der Waals surface area contributed by atoms with Gasteiger partial charge in [0.1, 0.15) is 0 Å². The fourth-order valence-electron chi connectivity index (χ4n) is 2.91. The molecule has 0 radical (unpaired) electrons. The van der Waals surface area contributed by atoms with Gasteiger partial charge in [0.05, 0.1) is 12.2 Å². The number of rotatable bonds is 15. The van der Waals surface area contributed by atoms with Crippen LogP contribution in [0.15, 0.2) is 24.3 Å². The van der Waals surface area contributed by atoms with Crippen LogP contribution in [0.3, 0.4) is 0 Å². The number of epoxide rings is 1. The van der Waals surface area contributed by atoms with E-state index in [1.807, 2.05) is 0 Å². The standard InChI is InChI=1S/C21H38O/c1-3-5-7-8-9-10-11-12-13-14-15-17-19-21-20(22-21)18-16-6-4-2/h6,15-17,20-21H,3-5,7-14,18-19H2,1-2H3/b16-6-,17-15-/t20-,21+/m1/s1. The second-order valence-electron chi connectivity index (χ2n) is 6.65. The van der Waals surface area contributed by atoms with Crippen LogP contribution in [0.5, 0.6) is 0 Å². The molecule has 0 unspecified atom stereocenters. The van der Waals surface area contributed by atoms with E-state index in [1.54, 1.807) is 0 Å². The van der Waals surface area contributed by atoms with Crippen LogP contribution >= 0.6 is 0 Å². The molecule has 1 heteroatoms. The van der Waals surface area contributed by atoms with E-state index in [0.29, 0.717) is 12.2 Å². The van der Waals surface area contributed by atoms with Crippen LogP contribution in [0.25, 0.3) is 0 Å². The van der Waals surface area contributed by atoms with Crippen molar-refractivity contribution >= 4 is 0 Å². The smallest absolute Gasteiger partial charge is 0.0879 e. The van der Waals surface area contributed by atoms with Gasteiger partial charge in [-0.1, -0.05) is 89.5 Å². The Hall–Kier alpha value is -0.560. The fraction of sp³-hybridized carbons (Fsp3) is 0.810. The lowest BCUT2D eigenvalue weighted by molar-refractivity contribution is 0.372. The van der Waals surface area contributed by atoms with Crippen LogP contribution in [0, 0.1) is 0 Å². The fourth-order valence-corrected chi connectivity index (χ4v) is 2.91. The summed E-state index contributed by atoms with van der Waals surface area (Å²) in [7, 11) is 0. The summed E-state index contributed by atoms with van der Waals surface area (Å²) in [6, 6.07) is 0. The predicted molar refractivity (Wildman–Crippen MR) is 98.3 cm³/mol. The summed E-state index contributed by atoms with van der Waals surface area (Å²) in [5, 5.41) is 0. The first-order valence-corrected chi connectivity index (χ1v) is 9.84. The zero-order valence-corrected chi connectivity index (χ0v) is 15.1. The summed E-state index contributed by atoms with van der Waals surface area (Å²) >= 11 is 0. The molecule has 0 aromatic carbocycles. The van der Waals surface area contributed by atoms with E-state index >= 15 is 0 Å². The van der Waals surface area contributed by atoms with Gasteiger partial charge in [0.15, 0.2) is 0 Å². The molecule has 0 bridgehead atoms. The molecule has 0 spiro atoms. The Labute approximate surface area is 139 Å². The zero-order valence-electron chi connectivity index (χ0n) is 15.1. The zero-order chi connectivity index (χ0) is 15.9. The lowest BCUT2D eigenvalue weighted by Gasteiger charge is -2.00. The van der Waals surface area contributed by atoms with E-state index < -0.39 is 0 Å². The van der Waals surface area contributed by atoms with Crippen LogP contribution < -0.4 is 0 Å². The quantitative estimate of drug-likeness (QED) is 0.181. The number of allylic oxidation sites excluding steroid dienone is 2. The molecule has 1 heterocycles. The van der Waals surface area contributed by atoms with E-state index in [4.69, 9.17) is 4.74 Å². The van der Waals surface area contributed by atoms with Gasteiger partial charge in [-0.2, -0.15) is 0 Å². The van der Waals surface area contributed by atoms with Crippen molar-refractivity contribution in [3.05, 3.63) is 24.3 Å². The van der Waals surface area contributed by atoms with E-state index in [1.165, 1.54) is 64.2 Å². The van der Waals surface area contributed by atoms with Crippen molar-refractivity contribution in [2.45, 2.75) is 110 Å². The highest BCUT2D eigenvalue weighted by atomic mass is 16.6. The van der Waals surface area contributed by atoms with Crippen LogP contribution in [0.1, 0.15) is 97.3 Å². The van der Waals surface area contributed by atoms with E-state index in [-0.39, 0.29) is 0 Å². The average Bonchev–Trinajstić information content (AvgIpc) is 3.27. The normalized spacial score (nSPS) is 21.2. The van der Waals surface area contributed by atoms with E-state index in [0.717, 1.165) is 19.3 Å².